The second-order valence-corrected chi connectivity index (χ2v) is 8.75. The largest absolute Gasteiger partial charge is 0.493 e. The highest BCUT2D eigenvalue weighted by atomic mass is 32.2. The average molecular weight is 429 g/mol. The Labute approximate surface area is 175 Å². The molecule has 0 atom stereocenters. The van der Waals surface area contributed by atoms with Crippen LogP contribution in [0.4, 0.5) is 0 Å². The van der Waals surface area contributed by atoms with Gasteiger partial charge in [-0.1, -0.05) is 19.1 Å². The molecule has 9 heteroatoms. The number of hydrogen-bond acceptors (Lipinski definition) is 5. The van der Waals surface area contributed by atoms with E-state index in [0.29, 0.717) is 51.8 Å². The van der Waals surface area contributed by atoms with Crippen molar-refractivity contribution in [3.05, 3.63) is 29.3 Å². The Balaban J connectivity index is 2.51. The highest BCUT2D eigenvalue weighted by molar-refractivity contribution is 7.88. The number of ether oxygens (including phenoxy) is 2. The van der Waals surface area contributed by atoms with Gasteiger partial charge in [0.1, 0.15) is 5.75 Å². The number of hydrogen-bond donors (Lipinski definition) is 2. The molecule has 0 heterocycles. The number of sulfonamides is 1. The number of guanidine groups is 1. The molecular weight excluding hydrogens is 392 g/mol. The zero-order chi connectivity index (χ0) is 21.7. The Bertz CT molecular complexity index is 738. The number of benzene rings is 1. The summed E-state index contributed by atoms with van der Waals surface area (Å²) in [5, 5.41) is 6.50. The van der Waals surface area contributed by atoms with Crippen LogP contribution in [0.25, 0.3) is 0 Å². The fourth-order valence-electron chi connectivity index (χ4n) is 2.75. The summed E-state index contributed by atoms with van der Waals surface area (Å²) in [6, 6.07) is 6.14. The highest BCUT2D eigenvalue weighted by Crippen LogP contribution is 2.20. The number of methoxy groups -OCH3 is 1. The van der Waals surface area contributed by atoms with Crippen molar-refractivity contribution in [2.75, 3.05) is 53.3 Å². The molecule has 2 N–H and O–H groups in total. The van der Waals surface area contributed by atoms with E-state index in [1.165, 1.54) is 10.6 Å². The molecule has 0 aliphatic heterocycles. The van der Waals surface area contributed by atoms with Gasteiger partial charge in [0.2, 0.25) is 10.0 Å². The molecule has 8 nitrogen and oxygen atoms in total. The first-order valence-corrected chi connectivity index (χ1v) is 11.8. The predicted molar refractivity (Wildman–Crippen MR) is 118 cm³/mol. The van der Waals surface area contributed by atoms with Crippen molar-refractivity contribution in [1.29, 1.82) is 0 Å². The van der Waals surface area contributed by atoms with Crippen LogP contribution in [0.5, 0.6) is 5.75 Å². The number of nitrogens with zero attached hydrogens (tertiary/aromatic N) is 2. The third kappa shape index (κ3) is 9.96. The van der Waals surface area contributed by atoms with Gasteiger partial charge in [0.05, 0.1) is 12.9 Å². The van der Waals surface area contributed by atoms with Gasteiger partial charge in [0, 0.05) is 58.9 Å². The molecule has 0 aromatic heterocycles. The van der Waals surface area contributed by atoms with Crippen molar-refractivity contribution in [2.24, 2.45) is 4.99 Å². The Kier molecular flexibility index (Phi) is 11.6. The molecule has 166 valence electrons. The Hall–Kier alpha value is -1.84. The van der Waals surface area contributed by atoms with Gasteiger partial charge in [-0.05, 0) is 25.0 Å². The molecule has 0 amide bonds. The minimum absolute atomic E-state index is 0.479. The Morgan fingerprint density at radius 3 is 2.59 bits per heavy atom. The lowest BCUT2D eigenvalue weighted by Gasteiger charge is -2.18. The second-order valence-electron chi connectivity index (χ2n) is 6.77. The summed E-state index contributed by atoms with van der Waals surface area (Å²) in [5.41, 5.74) is 2.19. The van der Waals surface area contributed by atoms with Gasteiger partial charge in [0.15, 0.2) is 5.96 Å². The van der Waals surface area contributed by atoms with Crippen LogP contribution in [0.1, 0.15) is 30.9 Å². The van der Waals surface area contributed by atoms with Crippen LogP contribution in [0, 0.1) is 6.92 Å². The molecule has 0 saturated heterocycles. The normalized spacial score (nSPS) is 12.3. The summed E-state index contributed by atoms with van der Waals surface area (Å²) in [6.45, 7) is 7.31. The highest BCUT2D eigenvalue weighted by Gasteiger charge is 2.13. The minimum atomic E-state index is -3.15. The number of aryl methyl sites for hydroxylation is 1. The van der Waals surface area contributed by atoms with E-state index in [2.05, 4.69) is 21.7 Å². The van der Waals surface area contributed by atoms with Crippen LogP contribution >= 0.6 is 0 Å². The lowest BCUT2D eigenvalue weighted by Crippen LogP contribution is -2.39. The van der Waals surface area contributed by atoms with E-state index in [0.717, 1.165) is 23.3 Å². The molecule has 0 spiro atoms. The molecule has 0 fully saturated rings. The van der Waals surface area contributed by atoms with Gasteiger partial charge in [-0.2, -0.15) is 0 Å². The van der Waals surface area contributed by atoms with Crippen molar-refractivity contribution in [1.82, 2.24) is 14.9 Å². The average Bonchev–Trinajstić information content (AvgIpc) is 2.67. The maximum atomic E-state index is 11.6. The van der Waals surface area contributed by atoms with E-state index >= 15 is 0 Å². The SMILES string of the molecule is CCN(CCCNC(=NC)NCc1ccc(C)cc1OCCCOC)S(C)(=O)=O. The first-order chi connectivity index (χ1) is 13.8. The standard InChI is InChI=1S/C20H36N4O4S/c1-6-24(29(5,25)26)12-7-11-22-20(21-3)23-16-18-10-9-17(2)15-19(18)28-14-8-13-27-4/h9-10,15H,6-8,11-14,16H2,1-5H3,(H2,21,22,23). The monoisotopic (exact) mass is 428 g/mol. The van der Waals surface area contributed by atoms with Crippen LogP contribution in [-0.2, 0) is 21.3 Å². The summed E-state index contributed by atoms with van der Waals surface area (Å²) < 4.78 is 35.7. The zero-order valence-electron chi connectivity index (χ0n) is 18.3. The van der Waals surface area contributed by atoms with Crippen LogP contribution in [0.2, 0.25) is 0 Å². The van der Waals surface area contributed by atoms with Gasteiger partial charge in [-0.3, -0.25) is 4.99 Å². The number of nitrogens with one attached hydrogen (secondary N) is 2. The lowest BCUT2D eigenvalue weighted by molar-refractivity contribution is 0.171. The molecule has 1 aromatic rings. The smallest absolute Gasteiger partial charge is 0.211 e. The summed E-state index contributed by atoms with van der Waals surface area (Å²) in [5.74, 6) is 1.52. The maximum Gasteiger partial charge on any atom is 0.211 e. The maximum absolute atomic E-state index is 11.6. The van der Waals surface area contributed by atoms with Gasteiger partial charge < -0.3 is 20.1 Å². The van der Waals surface area contributed by atoms with Gasteiger partial charge >= 0.3 is 0 Å². The quantitative estimate of drug-likeness (QED) is 0.283. The summed E-state index contributed by atoms with van der Waals surface area (Å²) in [7, 11) is 0.243. The summed E-state index contributed by atoms with van der Waals surface area (Å²) >= 11 is 0. The number of aliphatic imine (C=N–C) groups is 1. The van der Waals surface area contributed by atoms with Crippen LogP contribution in [0.3, 0.4) is 0 Å². The molecule has 29 heavy (non-hydrogen) atoms. The Morgan fingerprint density at radius 2 is 1.97 bits per heavy atom. The molecule has 0 aliphatic carbocycles. The molecule has 0 saturated carbocycles. The van der Waals surface area contributed by atoms with Gasteiger partial charge in [0.25, 0.3) is 0 Å². The minimum Gasteiger partial charge on any atom is -0.493 e. The third-order valence-corrected chi connectivity index (χ3v) is 5.72. The van der Waals surface area contributed by atoms with Crippen molar-refractivity contribution in [3.8, 4) is 5.75 Å². The van der Waals surface area contributed by atoms with E-state index in [-0.39, 0.29) is 0 Å². The first kappa shape index (κ1) is 25.2. The molecule has 0 unspecified atom stereocenters. The van der Waals surface area contributed by atoms with E-state index in [1.807, 2.05) is 26.0 Å². The molecule has 1 rings (SSSR count). The topological polar surface area (TPSA) is 92.3 Å². The summed E-state index contributed by atoms with van der Waals surface area (Å²) in [6.07, 6.45) is 2.77. The van der Waals surface area contributed by atoms with Crippen molar-refractivity contribution in [2.45, 2.75) is 33.2 Å². The lowest BCUT2D eigenvalue weighted by atomic mass is 10.1. The predicted octanol–water partition coefficient (Wildman–Crippen LogP) is 1.75. The molecule has 0 aliphatic rings. The zero-order valence-corrected chi connectivity index (χ0v) is 19.1. The second kappa shape index (κ2) is 13.4. The van der Waals surface area contributed by atoms with Crippen molar-refractivity contribution in [3.63, 3.8) is 0 Å². The molecule has 0 bridgehead atoms. The molecule has 1 aromatic carbocycles. The van der Waals surface area contributed by atoms with E-state index in [9.17, 15) is 8.42 Å². The van der Waals surface area contributed by atoms with Crippen molar-refractivity contribution >= 4 is 16.0 Å². The summed E-state index contributed by atoms with van der Waals surface area (Å²) in [4.78, 5) is 4.23. The van der Waals surface area contributed by atoms with E-state index in [1.54, 1.807) is 14.2 Å². The van der Waals surface area contributed by atoms with Crippen LogP contribution in [-0.4, -0.2) is 71.9 Å². The third-order valence-electron chi connectivity index (χ3n) is 4.34. The van der Waals surface area contributed by atoms with E-state index in [4.69, 9.17) is 9.47 Å². The van der Waals surface area contributed by atoms with Crippen LogP contribution < -0.4 is 15.4 Å². The number of rotatable bonds is 13. The fourth-order valence-corrected chi connectivity index (χ4v) is 3.68. The molecular formula is C20H36N4O4S. The van der Waals surface area contributed by atoms with Gasteiger partial charge in [-0.25, -0.2) is 12.7 Å². The van der Waals surface area contributed by atoms with Crippen LogP contribution in [0.15, 0.2) is 23.2 Å². The van der Waals surface area contributed by atoms with E-state index < -0.39 is 10.0 Å². The first-order valence-electron chi connectivity index (χ1n) is 9.92. The fraction of sp³-hybridized carbons (Fsp3) is 0.650. The molecule has 0 radical (unpaired) electrons. The van der Waals surface area contributed by atoms with Crippen molar-refractivity contribution < 1.29 is 17.9 Å². The van der Waals surface area contributed by atoms with Gasteiger partial charge in [-0.15, -0.1) is 0 Å². The Morgan fingerprint density at radius 1 is 1.21 bits per heavy atom.